The number of benzene rings is 2. The van der Waals surface area contributed by atoms with Crippen LogP contribution in [0.3, 0.4) is 0 Å². The van der Waals surface area contributed by atoms with Crippen LogP contribution >= 0.6 is 11.3 Å². The van der Waals surface area contributed by atoms with Gasteiger partial charge in [-0.1, -0.05) is 43.3 Å². The average Bonchev–Trinajstić information content (AvgIpc) is 3.15. The maximum Gasteiger partial charge on any atom is 0.341 e. The summed E-state index contributed by atoms with van der Waals surface area (Å²) in [7, 11) is 0. The lowest BCUT2D eigenvalue weighted by Gasteiger charge is -2.18. The lowest BCUT2D eigenvalue weighted by molar-refractivity contribution is -0.122. The fourth-order valence-electron chi connectivity index (χ4n) is 4.04. The minimum absolute atomic E-state index is 0.250. The van der Waals surface area contributed by atoms with Crippen molar-refractivity contribution in [2.75, 3.05) is 11.9 Å². The van der Waals surface area contributed by atoms with Gasteiger partial charge in [0.25, 0.3) is 5.91 Å². The molecule has 0 unspecified atom stereocenters. The average molecular weight is 438 g/mol. The van der Waals surface area contributed by atoms with Crippen molar-refractivity contribution in [3.8, 4) is 5.75 Å². The molecule has 6 heteroatoms. The molecule has 1 atom stereocenters. The summed E-state index contributed by atoms with van der Waals surface area (Å²) in [5.74, 6) is 0.0657. The van der Waals surface area contributed by atoms with E-state index in [0.717, 1.165) is 42.0 Å². The maximum absolute atomic E-state index is 13.1. The molecule has 2 aromatic carbocycles. The van der Waals surface area contributed by atoms with E-state index >= 15 is 0 Å². The van der Waals surface area contributed by atoms with Gasteiger partial charge in [-0.2, -0.15) is 0 Å². The Hall–Kier alpha value is -2.86. The fraction of sp³-hybridized carbons (Fsp3) is 0.360. The fourth-order valence-corrected chi connectivity index (χ4v) is 5.32. The summed E-state index contributed by atoms with van der Waals surface area (Å²) in [6, 6.07) is 13.8. The van der Waals surface area contributed by atoms with Crippen LogP contribution in [0.25, 0.3) is 10.8 Å². The van der Waals surface area contributed by atoms with E-state index < -0.39 is 6.10 Å². The largest absolute Gasteiger partial charge is 0.480 e. The summed E-state index contributed by atoms with van der Waals surface area (Å²) in [4.78, 5) is 27.0. The Kier molecular flexibility index (Phi) is 6.56. The molecule has 1 heterocycles. The van der Waals surface area contributed by atoms with Gasteiger partial charge < -0.3 is 14.8 Å². The Morgan fingerprint density at radius 2 is 1.84 bits per heavy atom. The van der Waals surface area contributed by atoms with Crippen molar-refractivity contribution in [2.45, 2.75) is 52.1 Å². The van der Waals surface area contributed by atoms with Gasteiger partial charge in [-0.05, 0) is 56.0 Å². The number of rotatable bonds is 7. The van der Waals surface area contributed by atoms with E-state index in [4.69, 9.17) is 9.47 Å². The Balaban J connectivity index is 1.59. The first-order valence-electron chi connectivity index (χ1n) is 10.9. The van der Waals surface area contributed by atoms with Gasteiger partial charge in [0.1, 0.15) is 10.8 Å². The molecular formula is C25H27NO4S. The summed E-state index contributed by atoms with van der Waals surface area (Å²) < 4.78 is 11.4. The number of esters is 1. The molecule has 0 saturated heterocycles. The van der Waals surface area contributed by atoms with Gasteiger partial charge in [0.2, 0.25) is 0 Å². The molecule has 1 N–H and O–H groups in total. The van der Waals surface area contributed by atoms with Crippen molar-refractivity contribution in [3.05, 3.63) is 58.5 Å². The van der Waals surface area contributed by atoms with Gasteiger partial charge in [-0.25, -0.2) is 4.79 Å². The topological polar surface area (TPSA) is 64.6 Å². The lowest BCUT2D eigenvalue weighted by Crippen LogP contribution is -2.32. The van der Waals surface area contributed by atoms with Gasteiger partial charge in [0.05, 0.1) is 12.2 Å². The number of amides is 1. The Morgan fingerprint density at radius 3 is 2.65 bits per heavy atom. The molecule has 0 radical (unpaired) electrons. The molecule has 0 spiro atoms. The zero-order valence-electron chi connectivity index (χ0n) is 17.9. The number of thiophene rings is 1. The van der Waals surface area contributed by atoms with E-state index in [-0.39, 0.29) is 11.9 Å². The molecule has 1 aromatic heterocycles. The number of carbonyl (C=O) groups is 2. The van der Waals surface area contributed by atoms with Crippen molar-refractivity contribution in [3.63, 3.8) is 0 Å². The number of fused-ring (bicyclic) bond motifs is 2. The van der Waals surface area contributed by atoms with Crippen molar-refractivity contribution in [1.29, 1.82) is 0 Å². The standard InChI is InChI=1S/C25H27NO4S/c1-3-19(30-20-14-9-11-16-10-5-6-12-17(16)20)23(27)26-24-22(25(28)29-4-2)18-13-7-8-15-21(18)31-24/h5-6,9-12,14,19H,3-4,7-8,13,15H2,1-2H3,(H,26,27)/t19-/m1/s1. The number of anilines is 1. The number of ether oxygens (including phenoxy) is 2. The SMILES string of the molecule is CCOC(=O)c1c(NC(=O)[C@@H](CC)Oc2cccc3ccccc23)sc2c1CCCC2. The predicted molar refractivity (Wildman–Crippen MR) is 124 cm³/mol. The van der Waals surface area contributed by atoms with Crippen molar-refractivity contribution < 1.29 is 19.1 Å². The first-order chi connectivity index (χ1) is 15.1. The Morgan fingerprint density at radius 1 is 1.06 bits per heavy atom. The summed E-state index contributed by atoms with van der Waals surface area (Å²) >= 11 is 1.49. The van der Waals surface area contributed by atoms with E-state index in [9.17, 15) is 9.59 Å². The third-order valence-corrected chi connectivity index (χ3v) is 6.78. The van der Waals surface area contributed by atoms with Gasteiger partial charge in [0.15, 0.2) is 6.10 Å². The third-order valence-electron chi connectivity index (χ3n) is 5.57. The molecule has 1 aliphatic rings. The normalized spacial score (nSPS) is 14.0. The molecule has 5 nitrogen and oxygen atoms in total. The highest BCUT2D eigenvalue weighted by Crippen LogP contribution is 2.39. The van der Waals surface area contributed by atoms with Crippen molar-refractivity contribution >= 4 is 39.0 Å². The van der Waals surface area contributed by atoms with Crippen LogP contribution in [0.1, 0.15) is 53.9 Å². The van der Waals surface area contributed by atoms with E-state index in [1.165, 1.54) is 16.2 Å². The van der Waals surface area contributed by atoms with E-state index in [1.807, 2.05) is 49.4 Å². The summed E-state index contributed by atoms with van der Waals surface area (Å²) in [6.07, 6.45) is 3.77. The highest BCUT2D eigenvalue weighted by molar-refractivity contribution is 7.17. The van der Waals surface area contributed by atoms with E-state index in [2.05, 4.69) is 5.32 Å². The van der Waals surface area contributed by atoms with Crippen LogP contribution in [-0.4, -0.2) is 24.6 Å². The monoisotopic (exact) mass is 437 g/mol. The summed E-state index contributed by atoms with van der Waals surface area (Å²) in [6.45, 7) is 4.01. The van der Waals surface area contributed by atoms with Crippen molar-refractivity contribution in [2.24, 2.45) is 0 Å². The third kappa shape index (κ3) is 4.44. The second kappa shape index (κ2) is 9.52. The molecule has 3 aromatic rings. The van der Waals surface area contributed by atoms with Gasteiger partial charge in [-0.3, -0.25) is 4.79 Å². The van der Waals surface area contributed by atoms with E-state index in [1.54, 1.807) is 6.92 Å². The first kappa shape index (κ1) is 21.4. The number of hydrogen-bond acceptors (Lipinski definition) is 5. The minimum atomic E-state index is -0.667. The number of hydrogen-bond donors (Lipinski definition) is 1. The number of aryl methyl sites for hydroxylation is 1. The maximum atomic E-state index is 13.1. The Bertz CT molecular complexity index is 1100. The highest BCUT2D eigenvalue weighted by atomic mass is 32.1. The van der Waals surface area contributed by atoms with Crippen LogP contribution in [-0.2, 0) is 22.4 Å². The first-order valence-corrected chi connectivity index (χ1v) is 11.7. The predicted octanol–water partition coefficient (Wildman–Crippen LogP) is 5.75. The number of carbonyl (C=O) groups excluding carboxylic acids is 2. The molecule has 0 fully saturated rings. The Labute approximate surface area is 186 Å². The molecule has 1 aliphatic carbocycles. The van der Waals surface area contributed by atoms with Crippen LogP contribution in [0.5, 0.6) is 5.75 Å². The molecular weight excluding hydrogens is 410 g/mol. The smallest absolute Gasteiger partial charge is 0.341 e. The molecule has 0 saturated carbocycles. The summed E-state index contributed by atoms with van der Waals surface area (Å²) in [5, 5.41) is 5.59. The molecule has 0 aliphatic heterocycles. The molecule has 4 rings (SSSR count). The van der Waals surface area contributed by atoms with Crippen LogP contribution in [0.15, 0.2) is 42.5 Å². The number of nitrogens with one attached hydrogen (secondary N) is 1. The lowest BCUT2D eigenvalue weighted by atomic mass is 9.95. The zero-order valence-corrected chi connectivity index (χ0v) is 18.7. The second-order valence-corrected chi connectivity index (χ2v) is 8.72. The molecule has 162 valence electrons. The second-order valence-electron chi connectivity index (χ2n) is 7.62. The zero-order chi connectivity index (χ0) is 21.8. The molecule has 0 bridgehead atoms. The minimum Gasteiger partial charge on any atom is -0.480 e. The van der Waals surface area contributed by atoms with Gasteiger partial charge >= 0.3 is 5.97 Å². The molecule has 31 heavy (non-hydrogen) atoms. The summed E-state index contributed by atoms with van der Waals surface area (Å²) in [5.41, 5.74) is 1.56. The highest BCUT2D eigenvalue weighted by Gasteiger charge is 2.29. The molecule has 1 amide bonds. The van der Waals surface area contributed by atoms with Crippen LogP contribution in [0.4, 0.5) is 5.00 Å². The van der Waals surface area contributed by atoms with Crippen LogP contribution in [0.2, 0.25) is 0 Å². The van der Waals surface area contributed by atoms with Gasteiger partial charge in [-0.15, -0.1) is 11.3 Å². The van der Waals surface area contributed by atoms with Crippen LogP contribution in [0, 0.1) is 0 Å². The van der Waals surface area contributed by atoms with E-state index in [0.29, 0.717) is 29.3 Å². The van der Waals surface area contributed by atoms with Gasteiger partial charge in [0, 0.05) is 10.3 Å². The quantitative estimate of drug-likeness (QED) is 0.478. The van der Waals surface area contributed by atoms with Crippen LogP contribution < -0.4 is 10.1 Å². The van der Waals surface area contributed by atoms with Crippen molar-refractivity contribution in [1.82, 2.24) is 0 Å².